The summed E-state index contributed by atoms with van der Waals surface area (Å²) in [6.45, 7) is 1.99. The number of carbonyl (C=O) groups is 1. The Morgan fingerprint density at radius 2 is 2.19 bits per heavy atom. The van der Waals surface area contributed by atoms with Crippen LogP contribution in [0, 0.1) is 10.5 Å². The molecule has 0 spiro atoms. The molecular formula is C12H10INOS. The van der Waals surface area contributed by atoms with Gasteiger partial charge in [0.25, 0.3) is 5.91 Å². The van der Waals surface area contributed by atoms with Gasteiger partial charge in [0.2, 0.25) is 0 Å². The summed E-state index contributed by atoms with van der Waals surface area (Å²) in [6, 6.07) is 9.66. The van der Waals surface area contributed by atoms with E-state index in [4.69, 9.17) is 0 Å². The molecule has 2 rings (SSSR count). The molecule has 0 saturated heterocycles. The minimum Gasteiger partial charge on any atom is -0.321 e. The smallest absolute Gasteiger partial charge is 0.265 e. The zero-order valence-corrected chi connectivity index (χ0v) is 11.6. The number of benzene rings is 1. The van der Waals surface area contributed by atoms with Gasteiger partial charge in [-0.15, -0.1) is 11.3 Å². The second-order valence-electron chi connectivity index (χ2n) is 3.39. The summed E-state index contributed by atoms with van der Waals surface area (Å²) in [5.41, 5.74) is 1.95. The number of thiophene rings is 1. The fourth-order valence-electron chi connectivity index (χ4n) is 1.36. The maximum atomic E-state index is 11.8. The zero-order valence-electron chi connectivity index (χ0n) is 8.66. The van der Waals surface area contributed by atoms with Crippen LogP contribution in [-0.2, 0) is 0 Å². The van der Waals surface area contributed by atoms with E-state index >= 15 is 0 Å². The number of rotatable bonds is 2. The van der Waals surface area contributed by atoms with Crippen molar-refractivity contribution in [2.75, 3.05) is 5.32 Å². The maximum absolute atomic E-state index is 11.8. The predicted molar refractivity (Wildman–Crippen MR) is 76.2 cm³/mol. The topological polar surface area (TPSA) is 29.1 Å². The molecule has 1 heterocycles. The molecule has 0 bridgehead atoms. The Labute approximate surface area is 112 Å². The lowest BCUT2D eigenvalue weighted by molar-refractivity contribution is 0.103. The molecule has 0 saturated carbocycles. The van der Waals surface area contributed by atoms with Crippen LogP contribution in [0.5, 0.6) is 0 Å². The van der Waals surface area contributed by atoms with Gasteiger partial charge in [0.15, 0.2) is 0 Å². The van der Waals surface area contributed by atoms with Gasteiger partial charge in [-0.3, -0.25) is 4.79 Å². The Morgan fingerprint density at radius 3 is 2.81 bits per heavy atom. The molecule has 0 aliphatic heterocycles. The van der Waals surface area contributed by atoms with Crippen molar-refractivity contribution in [1.82, 2.24) is 0 Å². The monoisotopic (exact) mass is 343 g/mol. The molecule has 82 valence electrons. The van der Waals surface area contributed by atoms with Crippen LogP contribution >= 0.6 is 33.9 Å². The van der Waals surface area contributed by atoms with Crippen molar-refractivity contribution in [3.8, 4) is 0 Å². The van der Waals surface area contributed by atoms with Crippen LogP contribution in [0.1, 0.15) is 15.2 Å². The number of amides is 1. The number of carbonyl (C=O) groups excluding carboxylic acids is 1. The first-order valence-corrected chi connectivity index (χ1v) is 6.73. The van der Waals surface area contributed by atoms with E-state index in [1.165, 1.54) is 14.9 Å². The van der Waals surface area contributed by atoms with E-state index in [1.54, 1.807) is 0 Å². The Bertz CT molecular complexity index is 508. The van der Waals surface area contributed by atoms with Gasteiger partial charge in [-0.25, -0.2) is 0 Å². The van der Waals surface area contributed by atoms with Gasteiger partial charge in [0.05, 0.1) is 4.88 Å². The standard InChI is InChI=1S/C12H10INOS/c1-8-7-9(13)4-5-10(8)14-12(15)11-3-2-6-16-11/h2-7H,1H3,(H,14,15). The molecule has 0 fully saturated rings. The molecule has 0 atom stereocenters. The molecule has 1 aromatic heterocycles. The Hall–Kier alpha value is -0.880. The van der Waals surface area contributed by atoms with Crippen LogP contribution < -0.4 is 5.32 Å². The van der Waals surface area contributed by atoms with Gasteiger partial charge in [-0.1, -0.05) is 6.07 Å². The maximum Gasteiger partial charge on any atom is 0.265 e. The predicted octanol–water partition coefficient (Wildman–Crippen LogP) is 3.91. The summed E-state index contributed by atoms with van der Waals surface area (Å²) in [7, 11) is 0. The third-order valence-electron chi connectivity index (χ3n) is 2.18. The van der Waals surface area contributed by atoms with Crippen molar-refractivity contribution in [3.63, 3.8) is 0 Å². The highest BCUT2D eigenvalue weighted by Gasteiger charge is 2.08. The van der Waals surface area contributed by atoms with Crippen molar-refractivity contribution in [1.29, 1.82) is 0 Å². The van der Waals surface area contributed by atoms with E-state index in [0.29, 0.717) is 0 Å². The summed E-state index contributed by atoms with van der Waals surface area (Å²) in [5, 5.41) is 4.81. The van der Waals surface area contributed by atoms with Gasteiger partial charge in [-0.05, 0) is 64.7 Å². The van der Waals surface area contributed by atoms with Crippen LogP contribution in [0.15, 0.2) is 35.7 Å². The number of nitrogens with one attached hydrogen (secondary N) is 1. The highest BCUT2D eigenvalue weighted by atomic mass is 127. The lowest BCUT2D eigenvalue weighted by Gasteiger charge is -2.07. The summed E-state index contributed by atoms with van der Waals surface area (Å²) in [5.74, 6) is -0.0423. The lowest BCUT2D eigenvalue weighted by atomic mass is 10.2. The van der Waals surface area contributed by atoms with Crippen LogP contribution in [0.4, 0.5) is 5.69 Å². The highest BCUT2D eigenvalue weighted by molar-refractivity contribution is 14.1. The number of anilines is 1. The number of halogens is 1. The molecule has 1 amide bonds. The third-order valence-corrected chi connectivity index (χ3v) is 3.72. The van der Waals surface area contributed by atoms with E-state index < -0.39 is 0 Å². The van der Waals surface area contributed by atoms with E-state index in [-0.39, 0.29) is 5.91 Å². The molecule has 0 aliphatic carbocycles. The first-order valence-electron chi connectivity index (χ1n) is 4.78. The molecule has 2 nitrogen and oxygen atoms in total. The minimum absolute atomic E-state index is 0.0423. The van der Waals surface area contributed by atoms with Crippen molar-refractivity contribution in [2.45, 2.75) is 6.92 Å². The molecule has 16 heavy (non-hydrogen) atoms. The van der Waals surface area contributed by atoms with Gasteiger partial charge in [0.1, 0.15) is 0 Å². The van der Waals surface area contributed by atoms with E-state index in [0.717, 1.165) is 16.1 Å². The molecule has 2 aromatic rings. The highest BCUT2D eigenvalue weighted by Crippen LogP contribution is 2.19. The first kappa shape index (κ1) is 11.6. The Morgan fingerprint density at radius 1 is 1.38 bits per heavy atom. The lowest BCUT2D eigenvalue weighted by Crippen LogP contribution is -2.11. The van der Waals surface area contributed by atoms with Gasteiger partial charge in [0, 0.05) is 9.26 Å². The minimum atomic E-state index is -0.0423. The summed E-state index contributed by atoms with van der Waals surface area (Å²) < 4.78 is 1.17. The average molecular weight is 343 g/mol. The van der Waals surface area contributed by atoms with E-state index in [9.17, 15) is 4.79 Å². The van der Waals surface area contributed by atoms with Crippen molar-refractivity contribution >= 4 is 45.5 Å². The van der Waals surface area contributed by atoms with Crippen molar-refractivity contribution in [2.24, 2.45) is 0 Å². The van der Waals surface area contributed by atoms with Crippen molar-refractivity contribution in [3.05, 3.63) is 49.7 Å². The van der Waals surface area contributed by atoms with Gasteiger partial charge < -0.3 is 5.32 Å². The van der Waals surface area contributed by atoms with Crippen LogP contribution in [0.2, 0.25) is 0 Å². The summed E-state index contributed by atoms with van der Waals surface area (Å²) in [6.07, 6.45) is 0. The number of hydrogen-bond acceptors (Lipinski definition) is 2. The third kappa shape index (κ3) is 2.62. The molecule has 0 radical (unpaired) electrons. The average Bonchev–Trinajstić information content (AvgIpc) is 2.75. The second kappa shape index (κ2) is 4.97. The van der Waals surface area contributed by atoms with Crippen LogP contribution in [0.25, 0.3) is 0 Å². The van der Waals surface area contributed by atoms with E-state index in [2.05, 4.69) is 27.9 Å². The fourth-order valence-corrected chi connectivity index (χ4v) is 2.62. The van der Waals surface area contributed by atoms with Crippen LogP contribution in [-0.4, -0.2) is 5.91 Å². The first-order chi connectivity index (χ1) is 7.66. The normalized spacial score (nSPS) is 10.1. The molecule has 0 unspecified atom stereocenters. The molecule has 4 heteroatoms. The van der Waals surface area contributed by atoms with Crippen LogP contribution in [0.3, 0.4) is 0 Å². The van der Waals surface area contributed by atoms with E-state index in [1.807, 2.05) is 42.6 Å². The molecule has 1 aromatic carbocycles. The summed E-state index contributed by atoms with van der Waals surface area (Å²) in [4.78, 5) is 12.5. The second-order valence-corrected chi connectivity index (χ2v) is 5.58. The van der Waals surface area contributed by atoms with Crippen molar-refractivity contribution < 1.29 is 4.79 Å². The Balaban J connectivity index is 2.18. The summed E-state index contributed by atoms with van der Waals surface area (Å²) >= 11 is 3.70. The molecule has 0 aliphatic rings. The molecular weight excluding hydrogens is 333 g/mol. The number of hydrogen-bond donors (Lipinski definition) is 1. The van der Waals surface area contributed by atoms with Gasteiger partial charge in [-0.2, -0.15) is 0 Å². The molecule has 1 N–H and O–H groups in total. The van der Waals surface area contributed by atoms with Gasteiger partial charge >= 0.3 is 0 Å². The zero-order chi connectivity index (χ0) is 11.5. The quantitative estimate of drug-likeness (QED) is 0.823. The number of aryl methyl sites for hydroxylation is 1. The SMILES string of the molecule is Cc1cc(I)ccc1NC(=O)c1cccs1. The Kier molecular flexibility index (Phi) is 3.60. The largest absolute Gasteiger partial charge is 0.321 e. The fraction of sp³-hybridized carbons (Fsp3) is 0.0833.